The maximum atomic E-state index is 14.0. The summed E-state index contributed by atoms with van der Waals surface area (Å²) in [6, 6.07) is 0. The van der Waals surface area contributed by atoms with Crippen LogP contribution in [0.3, 0.4) is 0 Å². The summed E-state index contributed by atoms with van der Waals surface area (Å²) < 4.78 is 13.0. The minimum atomic E-state index is -0.674. The van der Waals surface area contributed by atoms with Crippen molar-refractivity contribution in [3.8, 4) is 0 Å². The van der Waals surface area contributed by atoms with E-state index in [9.17, 15) is 14.7 Å². The SMILES string of the molecule is CCCCCCCCCCCCCCCCCC[N+]1(CC(CC)CCCC)C(=O)COC12CCC1C(O)=C(CN(C)C)C(=O)OC1C2. The van der Waals surface area contributed by atoms with E-state index in [1.165, 1.54) is 96.3 Å². The Morgan fingerprint density at radius 1 is 0.830 bits per heavy atom. The molecular weight excluding hydrogens is 588 g/mol. The normalized spacial score (nSPS) is 26.8. The number of esters is 1. The van der Waals surface area contributed by atoms with Crippen molar-refractivity contribution in [2.24, 2.45) is 11.8 Å². The van der Waals surface area contributed by atoms with Crippen LogP contribution in [0.4, 0.5) is 0 Å². The summed E-state index contributed by atoms with van der Waals surface area (Å²) in [4.78, 5) is 28.9. The lowest BCUT2D eigenvalue weighted by molar-refractivity contribution is -0.924. The van der Waals surface area contributed by atoms with Gasteiger partial charge in [-0.3, -0.25) is 0 Å². The van der Waals surface area contributed by atoms with Gasteiger partial charge in [-0.25, -0.2) is 14.1 Å². The van der Waals surface area contributed by atoms with Crippen molar-refractivity contribution in [2.75, 3.05) is 40.3 Å². The Bertz CT molecular complexity index is 966. The second-order valence-corrected chi connectivity index (χ2v) is 15.6. The van der Waals surface area contributed by atoms with E-state index in [1.807, 2.05) is 19.0 Å². The number of likely N-dealkylation sites (N-methyl/N-ethyl adjacent to an activating group) is 1. The Labute approximate surface area is 288 Å². The molecule has 1 spiro atoms. The third kappa shape index (κ3) is 11.3. The van der Waals surface area contributed by atoms with Gasteiger partial charge in [0.2, 0.25) is 5.72 Å². The minimum Gasteiger partial charge on any atom is -0.511 e. The van der Waals surface area contributed by atoms with Crippen LogP contribution in [0.15, 0.2) is 11.3 Å². The fourth-order valence-electron chi connectivity index (χ4n) is 8.73. The molecule has 3 rings (SSSR count). The van der Waals surface area contributed by atoms with E-state index in [-0.39, 0.29) is 24.2 Å². The van der Waals surface area contributed by atoms with E-state index < -0.39 is 17.8 Å². The number of quaternary nitrogens is 1. The van der Waals surface area contributed by atoms with Crippen LogP contribution < -0.4 is 0 Å². The van der Waals surface area contributed by atoms with Crippen LogP contribution in [0.25, 0.3) is 0 Å². The number of carbonyl (C=O) groups is 2. The Morgan fingerprint density at radius 3 is 1.91 bits per heavy atom. The van der Waals surface area contributed by atoms with Gasteiger partial charge >= 0.3 is 11.9 Å². The van der Waals surface area contributed by atoms with Crippen molar-refractivity contribution in [1.82, 2.24) is 4.90 Å². The Balaban J connectivity index is 1.54. The number of ether oxygens (including phenoxy) is 2. The molecule has 5 atom stereocenters. The van der Waals surface area contributed by atoms with Gasteiger partial charge in [-0.1, -0.05) is 124 Å². The summed E-state index contributed by atoms with van der Waals surface area (Å²) in [6.07, 6.45) is 27.2. The number of rotatable bonds is 25. The summed E-state index contributed by atoms with van der Waals surface area (Å²) in [6.45, 7) is 8.90. The van der Waals surface area contributed by atoms with Gasteiger partial charge in [-0.2, -0.15) is 0 Å². The number of aliphatic hydroxyl groups is 1. The third-order valence-electron chi connectivity index (χ3n) is 11.7. The first-order valence-corrected chi connectivity index (χ1v) is 20.1. The molecule has 2 heterocycles. The molecule has 5 unspecified atom stereocenters. The summed E-state index contributed by atoms with van der Waals surface area (Å²) in [7, 11) is 3.78. The van der Waals surface area contributed by atoms with Crippen LogP contribution in [0, 0.1) is 11.8 Å². The fourth-order valence-corrected chi connectivity index (χ4v) is 8.73. The van der Waals surface area contributed by atoms with Gasteiger partial charge in [-0.05, 0) is 46.2 Å². The zero-order valence-electron chi connectivity index (χ0n) is 31.3. The van der Waals surface area contributed by atoms with Gasteiger partial charge in [-0.15, -0.1) is 0 Å². The highest BCUT2D eigenvalue weighted by Crippen LogP contribution is 2.50. The summed E-state index contributed by atoms with van der Waals surface area (Å²) in [5.74, 6) is 0.209. The molecule has 0 aromatic rings. The molecule has 1 saturated carbocycles. The van der Waals surface area contributed by atoms with Gasteiger partial charge in [0.05, 0.1) is 31.0 Å². The number of fused-ring (bicyclic) bond motifs is 1. The van der Waals surface area contributed by atoms with E-state index in [1.54, 1.807) is 0 Å². The smallest absolute Gasteiger partial charge is 0.342 e. The van der Waals surface area contributed by atoms with E-state index >= 15 is 0 Å². The predicted octanol–water partition coefficient (Wildman–Crippen LogP) is 9.63. The maximum absolute atomic E-state index is 14.0. The van der Waals surface area contributed by atoms with Crippen LogP contribution in [-0.2, 0) is 19.1 Å². The van der Waals surface area contributed by atoms with E-state index in [2.05, 4.69) is 20.8 Å². The quantitative estimate of drug-likeness (QED) is 0.0597. The van der Waals surface area contributed by atoms with Crippen LogP contribution >= 0.6 is 0 Å². The molecule has 3 aliphatic rings. The molecule has 0 bridgehead atoms. The van der Waals surface area contributed by atoms with Crippen molar-refractivity contribution in [3.05, 3.63) is 11.3 Å². The fraction of sp³-hybridized carbons (Fsp3) is 0.900. The summed E-state index contributed by atoms with van der Waals surface area (Å²) in [5, 5.41) is 11.2. The van der Waals surface area contributed by atoms with Crippen molar-refractivity contribution >= 4 is 11.9 Å². The molecule has 47 heavy (non-hydrogen) atoms. The molecular formula is C40H73N2O5+. The summed E-state index contributed by atoms with van der Waals surface area (Å²) in [5.41, 5.74) is -0.303. The molecule has 0 aromatic carbocycles. The number of hydrogen-bond acceptors (Lipinski definition) is 6. The van der Waals surface area contributed by atoms with Gasteiger partial charge in [0.1, 0.15) is 11.9 Å². The van der Waals surface area contributed by atoms with Crippen molar-refractivity contribution in [3.63, 3.8) is 0 Å². The highest BCUT2D eigenvalue weighted by atomic mass is 16.6. The number of nitrogens with zero attached hydrogens (tertiary/aromatic N) is 2. The first kappa shape index (κ1) is 40.0. The molecule has 272 valence electrons. The molecule has 0 aromatic heterocycles. The van der Waals surface area contributed by atoms with Crippen LogP contribution in [0.2, 0.25) is 0 Å². The predicted molar refractivity (Wildman–Crippen MR) is 192 cm³/mol. The lowest BCUT2D eigenvalue weighted by atomic mass is 9.75. The summed E-state index contributed by atoms with van der Waals surface area (Å²) >= 11 is 0. The van der Waals surface area contributed by atoms with Gasteiger partial charge < -0.3 is 19.5 Å². The monoisotopic (exact) mass is 662 g/mol. The first-order chi connectivity index (χ1) is 22.7. The number of carbonyl (C=O) groups excluding carboxylic acids is 2. The molecule has 2 fully saturated rings. The number of aliphatic hydroxyl groups excluding tert-OH is 1. The molecule has 1 amide bonds. The average molecular weight is 662 g/mol. The van der Waals surface area contributed by atoms with Gasteiger partial charge in [0, 0.05) is 18.9 Å². The van der Waals surface area contributed by atoms with Crippen LogP contribution in [0.1, 0.15) is 168 Å². The molecule has 7 nitrogen and oxygen atoms in total. The van der Waals surface area contributed by atoms with Crippen LogP contribution in [0.5, 0.6) is 0 Å². The second kappa shape index (κ2) is 20.9. The van der Waals surface area contributed by atoms with Gasteiger partial charge in [0.15, 0.2) is 6.61 Å². The first-order valence-electron chi connectivity index (χ1n) is 20.1. The van der Waals surface area contributed by atoms with Crippen molar-refractivity contribution in [2.45, 2.75) is 180 Å². The zero-order chi connectivity index (χ0) is 34.1. The Morgan fingerprint density at radius 2 is 1.38 bits per heavy atom. The second-order valence-electron chi connectivity index (χ2n) is 15.6. The third-order valence-corrected chi connectivity index (χ3v) is 11.7. The number of hydrogen-bond donors (Lipinski definition) is 1. The molecule has 2 aliphatic heterocycles. The Kier molecular flexibility index (Phi) is 17.8. The average Bonchev–Trinajstić information content (AvgIpc) is 3.30. The van der Waals surface area contributed by atoms with Crippen molar-refractivity contribution in [1.29, 1.82) is 0 Å². The molecule has 1 aliphatic carbocycles. The number of unbranched alkanes of at least 4 members (excludes halogenated alkanes) is 16. The van der Waals surface area contributed by atoms with Gasteiger partial charge in [0.25, 0.3) is 0 Å². The van der Waals surface area contributed by atoms with E-state index in [0.29, 0.717) is 41.8 Å². The standard InChI is InChI=1S/C40H72N2O5/c1-6-9-11-12-13-14-15-16-17-18-19-20-21-22-23-24-28-42(31-33(8-3)25-10-7-2)37(43)32-46-40(42)27-26-34-36(29-40)47-39(45)35(38(34)44)30-41(4)5/h33-34,36H,6-32H2,1-5H3/p+1. The van der Waals surface area contributed by atoms with Crippen molar-refractivity contribution < 1.29 is 28.7 Å². The zero-order valence-corrected chi connectivity index (χ0v) is 31.3. The topological polar surface area (TPSA) is 76.1 Å². The van der Waals surface area contributed by atoms with Crippen LogP contribution in [-0.4, -0.2) is 78.5 Å². The maximum Gasteiger partial charge on any atom is 0.342 e. The largest absolute Gasteiger partial charge is 0.511 e. The molecule has 0 radical (unpaired) electrons. The van der Waals surface area contributed by atoms with E-state index in [0.717, 1.165) is 45.2 Å². The molecule has 7 heteroatoms. The lowest BCUT2D eigenvalue weighted by Crippen LogP contribution is -2.68. The number of amides is 1. The molecule has 1 N–H and O–H groups in total. The molecule has 1 saturated heterocycles. The highest BCUT2D eigenvalue weighted by molar-refractivity contribution is 5.90. The minimum absolute atomic E-state index is 0.141. The van der Waals surface area contributed by atoms with E-state index in [4.69, 9.17) is 9.47 Å². The lowest BCUT2D eigenvalue weighted by Gasteiger charge is -2.51. The Hall–Kier alpha value is -1.44. The highest BCUT2D eigenvalue weighted by Gasteiger charge is 2.66.